The van der Waals surface area contributed by atoms with Gasteiger partial charge in [-0.05, 0) is 65.6 Å². The Morgan fingerprint density at radius 3 is 2.50 bits per heavy atom. The lowest BCUT2D eigenvalue weighted by Gasteiger charge is -2.22. The van der Waals surface area contributed by atoms with E-state index in [0.29, 0.717) is 18.6 Å². The van der Waals surface area contributed by atoms with Gasteiger partial charge in [0.1, 0.15) is 5.78 Å². The number of aryl methyl sites for hydroxylation is 3. The Morgan fingerprint density at radius 1 is 0.964 bits per heavy atom. The van der Waals surface area contributed by atoms with Gasteiger partial charge >= 0.3 is 0 Å². The quantitative estimate of drug-likeness (QED) is 0.689. The Kier molecular flexibility index (Phi) is 4.99. The molecule has 28 heavy (non-hydrogen) atoms. The van der Waals surface area contributed by atoms with Crippen LogP contribution in [0.4, 0.5) is 0 Å². The Morgan fingerprint density at radius 2 is 1.75 bits per heavy atom. The first-order valence-corrected chi connectivity index (χ1v) is 9.90. The molecule has 0 fully saturated rings. The fourth-order valence-corrected chi connectivity index (χ4v) is 4.28. The number of nitrogens with zero attached hydrogens (tertiary/aromatic N) is 1. The van der Waals surface area contributed by atoms with Crippen molar-refractivity contribution in [3.05, 3.63) is 92.9 Å². The van der Waals surface area contributed by atoms with Crippen LogP contribution in [-0.2, 0) is 37.5 Å². The van der Waals surface area contributed by atoms with Crippen LogP contribution in [0.2, 0.25) is 0 Å². The van der Waals surface area contributed by atoms with Crippen LogP contribution in [0.25, 0.3) is 11.1 Å². The first kappa shape index (κ1) is 18.4. The zero-order valence-electron chi connectivity index (χ0n) is 16.5. The molecule has 3 nitrogen and oxygen atoms in total. The van der Waals surface area contributed by atoms with Gasteiger partial charge in [-0.2, -0.15) is 0 Å². The molecule has 142 valence electrons. The summed E-state index contributed by atoms with van der Waals surface area (Å²) < 4.78 is 1.66. The standard InChI is InChI=1S/C25H25NO2/c1-17-14-20(16-26(2)25(17)28)23-12-9-19-15-21(27)10-13-22(19)24(23)11-8-18-6-4-3-5-7-18/h3-7,9,12,14,16H,8,10-11,13,15H2,1-2H3. The van der Waals surface area contributed by atoms with E-state index in [-0.39, 0.29) is 5.56 Å². The van der Waals surface area contributed by atoms with Crippen molar-refractivity contribution >= 4 is 5.78 Å². The van der Waals surface area contributed by atoms with Crippen molar-refractivity contribution in [1.29, 1.82) is 0 Å². The van der Waals surface area contributed by atoms with Crippen molar-refractivity contribution in [3.8, 4) is 11.1 Å². The average molecular weight is 371 g/mol. The van der Waals surface area contributed by atoms with Gasteiger partial charge in [-0.15, -0.1) is 0 Å². The number of Topliss-reactive ketones (excluding diaryl/α,β-unsaturated/α-hetero) is 1. The second-order valence-corrected chi connectivity index (χ2v) is 7.76. The summed E-state index contributed by atoms with van der Waals surface area (Å²) in [6.07, 6.45) is 5.80. The molecule has 0 saturated carbocycles. The highest BCUT2D eigenvalue weighted by Crippen LogP contribution is 2.33. The van der Waals surface area contributed by atoms with Gasteiger partial charge in [0.2, 0.25) is 0 Å². The monoisotopic (exact) mass is 371 g/mol. The maximum Gasteiger partial charge on any atom is 0.253 e. The zero-order valence-corrected chi connectivity index (χ0v) is 16.5. The third-order valence-electron chi connectivity index (χ3n) is 5.75. The van der Waals surface area contributed by atoms with E-state index in [0.717, 1.165) is 30.4 Å². The number of hydrogen-bond donors (Lipinski definition) is 0. The lowest BCUT2D eigenvalue weighted by atomic mass is 9.82. The minimum atomic E-state index is 0.0399. The summed E-state index contributed by atoms with van der Waals surface area (Å²) in [5.74, 6) is 0.326. The zero-order chi connectivity index (χ0) is 19.7. The largest absolute Gasteiger partial charge is 0.318 e. The molecule has 0 saturated heterocycles. The van der Waals surface area contributed by atoms with Crippen LogP contribution in [0, 0.1) is 6.92 Å². The van der Waals surface area contributed by atoms with E-state index in [1.165, 1.54) is 27.8 Å². The molecule has 1 aromatic heterocycles. The molecule has 0 N–H and O–H groups in total. The molecule has 0 bridgehead atoms. The third kappa shape index (κ3) is 3.57. The van der Waals surface area contributed by atoms with Gasteiger partial charge in [0.25, 0.3) is 5.56 Å². The predicted octanol–water partition coefficient (Wildman–Crippen LogP) is 4.20. The van der Waals surface area contributed by atoms with Gasteiger partial charge in [0.15, 0.2) is 0 Å². The summed E-state index contributed by atoms with van der Waals surface area (Å²) in [7, 11) is 1.81. The van der Waals surface area contributed by atoms with Crippen molar-refractivity contribution in [2.75, 3.05) is 0 Å². The third-order valence-corrected chi connectivity index (χ3v) is 5.75. The molecule has 3 aromatic rings. The number of hydrogen-bond acceptors (Lipinski definition) is 2. The lowest BCUT2D eigenvalue weighted by molar-refractivity contribution is -0.118. The van der Waals surface area contributed by atoms with Crippen LogP contribution < -0.4 is 5.56 Å². The lowest BCUT2D eigenvalue weighted by Crippen LogP contribution is -2.19. The van der Waals surface area contributed by atoms with Crippen LogP contribution in [0.3, 0.4) is 0 Å². The molecule has 2 aromatic carbocycles. The molecule has 0 unspecified atom stereocenters. The van der Waals surface area contributed by atoms with Crippen molar-refractivity contribution in [2.24, 2.45) is 7.05 Å². The van der Waals surface area contributed by atoms with E-state index in [1.807, 2.05) is 25.3 Å². The average Bonchev–Trinajstić information content (AvgIpc) is 2.70. The first-order chi connectivity index (χ1) is 13.5. The molecule has 4 rings (SSSR count). The predicted molar refractivity (Wildman–Crippen MR) is 113 cm³/mol. The van der Waals surface area contributed by atoms with Gasteiger partial charge in [0, 0.05) is 31.6 Å². The van der Waals surface area contributed by atoms with E-state index < -0.39 is 0 Å². The number of fused-ring (bicyclic) bond motifs is 1. The van der Waals surface area contributed by atoms with Crippen molar-refractivity contribution in [2.45, 2.75) is 39.0 Å². The Labute approximate surface area is 165 Å². The Balaban J connectivity index is 1.81. The van der Waals surface area contributed by atoms with Crippen LogP contribution in [0.15, 0.2) is 59.5 Å². The molecule has 1 heterocycles. The van der Waals surface area contributed by atoms with Gasteiger partial charge < -0.3 is 4.57 Å². The summed E-state index contributed by atoms with van der Waals surface area (Å²) in [5, 5.41) is 0. The van der Waals surface area contributed by atoms with Crippen LogP contribution in [0.5, 0.6) is 0 Å². The molecule has 3 heteroatoms. The highest BCUT2D eigenvalue weighted by atomic mass is 16.1. The number of carbonyl (C=O) groups is 1. The molecule has 0 atom stereocenters. The van der Waals surface area contributed by atoms with E-state index in [4.69, 9.17) is 0 Å². The number of aromatic nitrogens is 1. The van der Waals surface area contributed by atoms with E-state index in [9.17, 15) is 9.59 Å². The SMILES string of the molecule is Cc1cc(-c2ccc3c(c2CCc2ccccc2)CCC(=O)C3)cn(C)c1=O. The Bertz CT molecular complexity index is 1070. The van der Waals surface area contributed by atoms with Gasteiger partial charge in [-0.1, -0.05) is 42.5 Å². The molecule has 1 aliphatic carbocycles. The summed E-state index contributed by atoms with van der Waals surface area (Å²) in [5.41, 5.74) is 8.19. The second-order valence-electron chi connectivity index (χ2n) is 7.76. The molecular weight excluding hydrogens is 346 g/mol. The minimum absolute atomic E-state index is 0.0399. The first-order valence-electron chi connectivity index (χ1n) is 9.90. The summed E-state index contributed by atoms with van der Waals surface area (Å²) in [4.78, 5) is 24.1. The number of carbonyl (C=O) groups excluding carboxylic acids is 1. The molecule has 1 aliphatic rings. The minimum Gasteiger partial charge on any atom is -0.318 e. The maximum atomic E-state index is 12.1. The number of rotatable bonds is 4. The molecule has 0 radical (unpaired) electrons. The highest BCUT2D eigenvalue weighted by Gasteiger charge is 2.21. The summed E-state index contributed by atoms with van der Waals surface area (Å²) in [6.45, 7) is 1.87. The van der Waals surface area contributed by atoms with Gasteiger partial charge in [-0.3, -0.25) is 9.59 Å². The van der Waals surface area contributed by atoms with Crippen LogP contribution >= 0.6 is 0 Å². The maximum absolute atomic E-state index is 12.1. The fourth-order valence-electron chi connectivity index (χ4n) is 4.28. The second kappa shape index (κ2) is 7.59. The molecular formula is C25H25NO2. The number of benzene rings is 2. The van der Waals surface area contributed by atoms with E-state index in [2.05, 4.69) is 36.4 Å². The number of ketones is 1. The van der Waals surface area contributed by atoms with Gasteiger partial charge in [-0.25, -0.2) is 0 Å². The summed E-state index contributed by atoms with van der Waals surface area (Å²) >= 11 is 0. The van der Waals surface area contributed by atoms with Crippen LogP contribution in [0.1, 0.15) is 34.2 Å². The number of pyridine rings is 1. The van der Waals surface area contributed by atoms with E-state index >= 15 is 0 Å². The Hall–Kier alpha value is -2.94. The molecule has 0 spiro atoms. The smallest absolute Gasteiger partial charge is 0.253 e. The van der Waals surface area contributed by atoms with Gasteiger partial charge in [0.05, 0.1) is 0 Å². The molecule has 0 amide bonds. The van der Waals surface area contributed by atoms with Crippen molar-refractivity contribution in [3.63, 3.8) is 0 Å². The summed E-state index contributed by atoms with van der Waals surface area (Å²) in [6, 6.07) is 16.7. The highest BCUT2D eigenvalue weighted by molar-refractivity contribution is 5.84. The normalized spacial score (nSPS) is 13.4. The molecule has 0 aliphatic heterocycles. The fraction of sp³-hybridized carbons (Fsp3) is 0.280. The van der Waals surface area contributed by atoms with Crippen molar-refractivity contribution < 1.29 is 4.79 Å². The van der Waals surface area contributed by atoms with Crippen LogP contribution in [-0.4, -0.2) is 10.4 Å². The van der Waals surface area contributed by atoms with E-state index in [1.54, 1.807) is 11.6 Å². The van der Waals surface area contributed by atoms with Crippen molar-refractivity contribution in [1.82, 2.24) is 4.57 Å². The topological polar surface area (TPSA) is 39.1 Å².